The van der Waals surface area contributed by atoms with Crippen LogP contribution < -0.4 is 10.6 Å². The largest absolute Gasteiger partial charge is 0.480 e. The van der Waals surface area contributed by atoms with Gasteiger partial charge in [0.15, 0.2) is 5.78 Å². The molecule has 0 aliphatic carbocycles. The summed E-state index contributed by atoms with van der Waals surface area (Å²) in [7, 11) is 0. The highest BCUT2D eigenvalue weighted by Gasteiger charge is 2.13. The smallest absolute Gasteiger partial charge is 0.325 e. The van der Waals surface area contributed by atoms with Gasteiger partial charge in [0.1, 0.15) is 6.04 Å². The number of nitrogens with one attached hydrogen (secondary N) is 2. The number of hydrogen-bond donors (Lipinski definition) is 3. The molecule has 0 fully saturated rings. The van der Waals surface area contributed by atoms with E-state index >= 15 is 0 Å². The number of carbonyl (C=O) groups excluding carboxylic acids is 2. The lowest BCUT2D eigenvalue weighted by Crippen LogP contribution is -2.40. The monoisotopic (exact) mass is 250 g/mol. The van der Waals surface area contributed by atoms with Gasteiger partial charge in [-0.15, -0.1) is 0 Å². The molecule has 1 aromatic carbocycles. The van der Waals surface area contributed by atoms with Crippen LogP contribution in [0, 0.1) is 0 Å². The average molecular weight is 250 g/mol. The first kappa shape index (κ1) is 13.7. The molecule has 6 heteroatoms. The summed E-state index contributed by atoms with van der Waals surface area (Å²) < 4.78 is 0. The lowest BCUT2D eigenvalue weighted by atomic mass is 10.1. The molecule has 0 aliphatic rings. The Kier molecular flexibility index (Phi) is 4.42. The fourth-order valence-corrected chi connectivity index (χ4v) is 1.21. The van der Waals surface area contributed by atoms with Crippen molar-refractivity contribution in [3.05, 3.63) is 29.8 Å². The molecule has 1 rings (SSSR count). The maximum atomic E-state index is 11.4. The van der Waals surface area contributed by atoms with Gasteiger partial charge in [-0.2, -0.15) is 0 Å². The topological polar surface area (TPSA) is 95.5 Å². The van der Waals surface area contributed by atoms with Gasteiger partial charge in [0, 0.05) is 11.3 Å². The van der Waals surface area contributed by atoms with Crippen LogP contribution in [0.3, 0.4) is 0 Å². The number of anilines is 1. The second-order valence-electron chi connectivity index (χ2n) is 3.79. The quantitative estimate of drug-likeness (QED) is 0.705. The van der Waals surface area contributed by atoms with Gasteiger partial charge in [-0.25, -0.2) is 4.79 Å². The van der Waals surface area contributed by atoms with Crippen LogP contribution in [0.1, 0.15) is 24.2 Å². The third kappa shape index (κ3) is 3.89. The van der Waals surface area contributed by atoms with Crippen LogP contribution in [0.15, 0.2) is 24.3 Å². The Morgan fingerprint density at radius 3 is 2.17 bits per heavy atom. The molecule has 0 spiro atoms. The standard InChI is InChI=1S/C12H14N2O4/c1-7(11(16)17)13-12(18)14-10-5-3-9(4-6-10)8(2)15/h3-7H,1-2H3,(H,16,17)(H2,13,14,18)/t7-/m0/s1. The zero-order chi connectivity index (χ0) is 13.7. The minimum absolute atomic E-state index is 0.0644. The van der Waals surface area contributed by atoms with Crippen LogP contribution >= 0.6 is 0 Å². The highest BCUT2D eigenvalue weighted by molar-refractivity contribution is 5.95. The molecular formula is C12H14N2O4. The van der Waals surface area contributed by atoms with Crippen molar-refractivity contribution in [2.24, 2.45) is 0 Å². The third-order valence-corrected chi connectivity index (χ3v) is 2.27. The number of hydrogen-bond acceptors (Lipinski definition) is 3. The Morgan fingerprint density at radius 1 is 1.17 bits per heavy atom. The molecule has 2 amide bonds. The van der Waals surface area contributed by atoms with Crippen molar-refractivity contribution in [2.45, 2.75) is 19.9 Å². The molecular weight excluding hydrogens is 236 g/mol. The molecule has 0 heterocycles. The molecule has 0 radical (unpaired) electrons. The summed E-state index contributed by atoms with van der Waals surface area (Å²) in [5.74, 6) is -1.18. The molecule has 0 aliphatic heterocycles. The van der Waals surface area contributed by atoms with E-state index in [1.54, 1.807) is 24.3 Å². The zero-order valence-electron chi connectivity index (χ0n) is 10.1. The van der Waals surface area contributed by atoms with Gasteiger partial charge in [0.05, 0.1) is 0 Å². The van der Waals surface area contributed by atoms with Crippen molar-refractivity contribution in [2.75, 3.05) is 5.32 Å². The maximum absolute atomic E-state index is 11.4. The van der Waals surface area contributed by atoms with E-state index in [0.29, 0.717) is 11.3 Å². The van der Waals surface area contributed by atoms with Gasteiger partial charge in [0.2, 0.25) is 0 Å². The van der Waals surface area contributed by atoms with Gasteiger partial charge in [-0.3, -0.25) is 9.59 Å². The SMILES string of the molecule is CC(=O)c1ccc(NC(=O)N[C@@H](C)C(=O)O)cc1. The molecule has 1 aromatic rings. The van der Waals surface area contributed by atoms with Crippen molar-refractivity contribution in [3.63, 3.8) is 0 Å². The van der Waals surface area contributed by atoms with E-state index in [1.165, 1.54) is 13.8 Å². The number of Topliss-reactive ketones (excluding diaryl/α,β-unsaturated/α-hetero) is 1. The van der Waals surface area contributed by atoms with Crippen LogP contribution in [0.25, 0.3) is 0 Å². The van der Waals surface area contributed by atoms with Gasteiger partial charge in [-0.1, -0.05) is 0 Å². The van der Waals surface area contributed by atoms with E-state index in [1.807, 2.05) is 0 Å². The van der Waals surface area contributed by atoms with Gasteiger partial charge in [0.25, 0.3) is 0 Å². The van der Waals surface area contributed by atoms with Gasteiger partial charge < -0.3 is 15.7 Å². The molecule has 18 heavy (non-hydrogen) atoms. The third-order valence-electron chi connectivity index (χ3n) is 2.27. The highest BCUT2D eigenvalue weighted by Crippen LogP contribution is 2.09. The van der Waals surface area contributed by atoms with Crippen LogP contribution in [0.2, 0.25) is 0 Å². The Balaban J connectivity index is 2.60. The van der Waals surface area contributed by atoms with Crippen molar-refractivity contribution in [1.82, 2.24) is 5.32 Å². The van der Waals surface area contributed by atoms with E-state index < -0.39 is 18.0 Å². The number of aliphatic carboxylic acids is 1. The van der Waals surface area contributed by atoms with E-state index in [2.05, 4.69) is 10.6 Å². The number of carbonyl (C=O) groups is 3. The van der Waals surface area contributed by atoms with E-state index in [0.717, 1.165) is 0 Å². The number of ketones is 1. The Bertz CT molecular complexity index is 467. The number of urea groups is 1. The Hall–Kier alpha value is -2.37. The van der Waals surface area contributed by atoms with Crippen molar-refractivity contribution >= 4 is 23.5 Å². The lowest BCUT2D eigenvalue weighted by molar-refractivity contribution is -0.138. The second kappa shape index (κ2) is 5.81. The van der Waals surface area contributed by atoms with Crippen LogP contribution in [-0.4, -0.2) is 28.9 Å². The number of carboxylic acid groups (broad SMARTS) is 1. The summed E-state index contributed by atoms with van der Waals surface area (Å²) in [4.78, 5) is 33.0. The summed E-state index contributed by atoms with van der Waals surface area (Å²) in [6.45, 7) is 2.81. The van der Waals surface area contributed by atoms with E-state index in [4.69, 9.17) is 5.11 Å². The number of amides is 2. The number of rotatable bonds is 4. The second-order valence-corrected chi connectivity index (χ2v) is 3.79. The molecule has 96 valence electrons. The van der Waals surface area contributed by atoms with E-state index in [9.17, 15) is 14.4 Å². The number of carboxylic acids is 1. The van der Waals surface area contributed by atoms with Crippen molar-refractivity contribution in [3.8, 4) is 0 Å². The normalized spacial score (nSPS) is 11.4. The molecule has 0 bridgehead atoms. The summed E-state index contributed by atoms with van der Waals surface area (Å²) in [6.07, 6.45) is 0. The minimum Gasteiger partial charge on any atom is -0.480 e. The lowest BCUT2D eigenvalue weighted by Gasteiger charge is -2.10. The summed E-state index contributed by atoms with van der Waals surface area (Å²) in [6, 6.07) is 4.72. The van der Waals surface area contributed by atoms with Crippen molar-refractivity contribution in [1.29, 1.82) is 0 Å². The fourth-order valence-electron chi connectivity index (χ4n) is 1.21. The first-order chi connectivity index (χ1) is 8.40. The predicted molar refractivity (Wildman–Crippen MR) is 65.7 cm³/mol. The predicted octanol–water partition coefficient (Wildman–Crippen LogP) is 1.48. The Labute approximate surface area is 104 Å². The van der Waals surface area contributed by atoms with E-state index in [-0.39, 0.29) is 5.78 Å². The molecule has 1 atom stereocenters. The molecule has 0 aromatic heterocycles. The Morgan fingerprint density at radius 2 is 1.72 bits per heavy atom. The summed E-state index contributed by atoms with van der Waals surface area (Å²) >= 11 is 0. The fraction of sp³-hybridized carbons (Fsp3) is 0.250. The number of benzene rings is 1. The summed E-state index contributed by atoms with van der Waals surface area (Å²) in [5, 5.41) is 13.3. The molecule has 6 nitrogen and oxygen atoms in total. The van der Waals surface area contributed by atoms with Crippen LogP contribution in [0.5, 0.6) is 0 Å². The summed E-state index contributed by atoms with van der Waals surface area (Å²) in [5.41, 5.74) is 1.02. The molecule has 0 saturated heterocycles. The maximum Gasteiger partial charge on any atom is 0.325 e. The van der Waals surface area contributed by atoms with Crippen molar-refractivity contribution < 1.29 is 19.5 Å². The molecule has 0 saturated carbocycles. The first-order valence-electron chi connectivity index (χ1n) is 5.31. The average Bonchev–Trinajstić information content (AvgIpc) is 2.29. The van der Waals surface area contributed by atoms with Gasteiger partial charge >= 0.3 is 12.0 Å². The van der Waals surface area contributed by atoms with Crippen LogP contribution in [0.4, 0.5) is 10.5 Å². The molecule has 0 unspecified atom stereocenters. The van der Waals surface area contributed by atoms with Crippen LogP contribution in [-0.2, 0) is 4.79 Å². The molecule has 3 N–H and O–H groups in total. The highest BCUT2D eigenvalue weighted by atomic mass is 16.4. The zero-order valence-corrected chi connectivity index (χ0v) is 10.1. The minimum atomic E-state index is -1.11. The van der Waals surface area contributed by atoms with Gasteiger partial charge in [-0.05, 0) is 38.1 Å². The first-order valence-corrected chi connectivity index (χ1v) is 5.31.